The highest BCUT2D eigenvalue weighted by Crippen LogP contribution is 2.22. The lowest BCUT2D eigenvalue weighted by atomic mass is 9.97. The van der Waals surface area contributed by atoms with Crippen molar-refractivity contribution < 1.29 is 4.57 Å². The van der Waals surface area contributed by atoms with E-state index in [0.717, 1.165) is 23.0 Å². The second kappa shape index (κ2) is 7.86. The number of nitrogens with one attached hydrogen (secondary N) is 2. The average Bonchev–Trinajstić information content (AvgIpc) is 2.71. The molecule has 0 saturated carbocycles. The van der Waals surface area contributed by atoms with Crippen LogP contribution in [0.15, 0.2) is 52.1 Å². The van der Waals surface area contributed by atoms with Gasteiger partial charge < -0.3 is 0 Å². The van der Waals surface area contributed by atoms with Gasteiger partial charge in [0.2, 0.25) is 5.52 Å². The molecule has 0 spiro atoms. The predicted octanol–water partition coefficient (Wildman–Crippen LogP) is 3.68. The van der Waals surface area contributed by atoms with Gasteiger partial charge in [0, 0.05) is 0 Å². The Balaban J connectivity index is 1.83. The summed E-state index contributed by atoms with van der Waals surface area (Å²) in [4.78, 5) is 34.1. The lowest BCUT2D eigenvalue weighted by Gasteiger charge is -2.14. The smallest absolute Gasteiger partial charge is 0.267 e. The number of aryl methyl sites for hydroxylation is 2. The molecule has 154 valence electrons. The molecular weight excluding hydrogens is 376 g/mol. The molecule has 0 bridgehead atoms. The Bertz CT molecular complexity index is 1330. The summed E-state index contributed by atoms with van der Waals surface area (Å²) in [5.41, 5.74) is 5.07. The fraction of sp³-hybridized carbons (Fsp3) is 0.333. The Morgan fingerprint density at radius 2 is 1.67 bits per heavy atom. The third-order valence-electron chi connectivity index (χ3n) is 5.79. The number of aromatic nitrogens is 4. The summed E-state index contributed by atoms with van der Waals surface area (Å²) in [6.07, 6.45) is 0.864. The summed E-state index contributed by atoms with van der Waals surface area (Å²) in [5, 5.41) is 0. The molecule has 0 radical (unpaired) electrons. The van der Waals surface area contributed by atoms with E-state index in [1.54, 1.807) is 0 Å². The molecule has 0 fully saturated rings. The quantitative estimate of drug-likeness (QED) is 0.394. The maximum Gasteiger partial charge on any atom is 0.413 e. The molecule has 30 heavy (non-hydrogen) atoms. The molecule has 6 nitrogen and oxygen atoms in total. The summed E-state index contributed by atoms with van der Waals surface area (Å²) in [6.45, 7) is 9.20. The van der Waals surface area contributed by atoms with Crippen LogP contribution in [0.5, 0.6) is 0 Å². The van der Waals surface area contributed by atoms with E-state index in [0.29, 0.717) is 24.0 Å². The summed E-state index contributed by atoms with van der Waals surface area (Å²) in [5.74, 6) is 0.691. The Kier molecular flexibility index (Phi) is 5.24. The standard InChI is InChI=1S/C24H26N4O2/c1-14(2)18-9-10-20-19(13-18)25-21-22(26-24(30)27-23(21)29)28(20)12-11-16(4)17-7-5-15(3)6-8-17/h5-10,13-14,16H,11-12H2,1-4H3,(H,27,29,30)/p+1. The molecular formula is C24H27N4O2+. The largest absolute Gasteiger partial charge is 0.413 e. The van der Waals surface area contributed by atoms with Crippen molar-refractivity contribution >= 4 is 22.2 Å². The Hall–Kier alpha value is -3.28. The van der Waals surface area contributed by atoms with Crippen molar-refractivity contribution in [1.29, 1.82) is 0 Å². The molecule has 0 aliphatic carbocycles. The minimum absolute atomic E-state index is 0.256. The van der Waals surface area contributed by atoms with Gasteiger partial charge in [0.25, 0.3) is 5.56 Å². The molecule has 4 rings (SSSR count). The first-order valence-electron chi connectivity index (χ1n) is 10.4. The second-order valence-electron chi connectivity index (χ2n) is 8.37. The van der Waals surface area contributed by atoms with Gasteiger partial charge in [-0.25, -0.2) is 14.3 Å². The van der Waals surface area contributed by atoms with Crippen molar-refractivity contribution in [3.8, 4) is 0 Å². The number of hydrogen-bond acceptors (Lipinski definition) is 3. The number of fused-ring (bicyclic) bond motifs is 2. The van der Waals surface area contributed by atoms with Crippen LogP contribution in [0.4, 0.5) is 0 Å². The zero-order valence-corrected chi connectivity index (χ0v) is 17.8. The van der Waals surface area contributed by atoms with E-state index in [9.17, 15) is 9.59 Å². The zero-order valence-electron chi connectivity index (χ0n) is 17.8. The lowest BCUT2D eigenvalue weighted by Crippen LogP contribution is -2.41. The third kappa shape index (κ3) is 3.77. The molecule has 2 aromatic heterocycles. The van der Waals surface area contributed by atoms with E-state index in [4.69, 9.17) is 0 Å². The number of H-pyrrole nitrogens is 2. The van der Waals surface area contributed by atoms with Crippen molar-refractivity contribution in [2.45, 2.75) is 52.5 Å². The molecule has 0 amide bonds. The van der Waals surface area contributed by atoms with Gasteiger partial charge in [-0.1, -0.05) is 56.7 Å². The summed E-state index contributed by atoms with van der Waals surface area (Å²) >= 11 is 0. The number of aromatic amines is 2. The van der Waals surface area contributed by atoms with Gasteiger partial charge in [0.15, 0.2) is 5.52 Å². The van der Waals surface area contributed by atoms with Crippen LogP contribution in [0, 0.1) is 6.92 Å². The molecule has 4 aromatic rings. The van der Waals surface area contributed by atoms with E-state index in [1.165, 1.54) is 11.1 Å². The van der Waals surface area contributed by atoms with E-state index in [1.807, 2.05) is 16.7 Å². The maximum absolute atomic E-state index is 12.5. The van der Waals surface area contributed by atoms with Gasteiger partial charge in [-0.2, -0.15) is 4.98 Å². The Morgan fingerprint density at radius 3 is 2.37 bits per heavy atom. The number of rotatable bonds is 5. The molecule has 0 saturated heterocycles. The van der Waals surface area contributed by atoms with Gasteiger partial charge in [0.05, 0.1) is 6.54 Å². The Labute approximate surface area is 174 Å². The number of benzene rings is 2. The first-order chi connectivity index (χ1) is 14.3. The lowest BCUT2D eigenvalue weighted by molar-refractivity contribution is -0.648. The van der Waals surface area contributed by atoms with Crippen molar-refractivity contribution in [2.75, 3.05) is 0 Å². The van der Waals surface area contributed by atoms with Crippen molar-refractivity contribution in [3.05, 3.63) is 80.0 Å². The predicted molar refractivity (Wildman–Crippen MR) is 119 cm³/mol. The normalized spacial score (nSPS) is 12.7. The first-order valence-corrected chi connectivity index (χ1v) is 10.4. The molecule has 6 heteroatoms. The zero-order chi connectivity index (χ0) is 21.4. The van der Waals surface area contributed by atoms with Crippen LogP contribution >= 0.6 is 0 Å². The first kappa shape index (κ1) is 20.0. The molecule has 2 heterocycles. The highest BCUT2D eigenvalue weighted by atomic mass is 16.2. The van der Waals surface area contributed by atoms with E-state index >= 15 is 0 Å². The fourth-order valence-corrected chi connectivity index (χ4v) is 3.84. The monoisotopic (exact) mass is 403 g/mol. The molecule has 2 aromatic carbocycles. The summed E-state index contributed by atoms with van der Waals surface area (Å²) < 4.78 is 2.02. The minimum Gasteiger partial charge on any atom is -0.267 e. The Morgan fingerprint density at radius 1 is 0.967 bits per heavy atom. The summed E-state index contributed by atoms with van der Waals surface area (Å²) in [7, 11) is 0. The van der Waals surface area contributed by atoms with Crippen LogP contribution in [0.3, 0.4) is 0 Å². The highest BCUT2D eigenvalue weighted by molar-refractivity contribution is 5.79. The highest BCUT2D eigenvalue weighted by Gasteiger charge is 2.20. The van der Waals surface area contributed by atoms with Crippen molar-refractivity contribution in [2.24, 2.45) is 0 Å². The van der Waals surface area contributed by atoms with Gasteiger partial charge in [-0.3, -0.25) is 9.78 Å². The van der Waals surface area contributed by atoms with Crippen LogP contribution in [-0.2, 0) is 6.54 Å². The average molecular weight is 404 g/mol. The van der Waals surface area contributed by atoms with Gasteiger partial charge in [-0.05, 0) is 48.4 Å². The van der Waals surface area contributed by atoms with Crippen LogP contribution in [0.25, 0.3) is 22.2 Å². The maximum atomic E-state index is 12.5. The second-order valence-corrected chi connectivity index (χ2v) is 8.37. The topological polar surface area (TPSA) is 82.5 Å². The van der Waals surface area contributed by atoms with Crippen LogP contribution < -0.4 is 15.8 Å². The summed E-state index contributed by atoms with van der Waals surface area (Å²) in [6, 6.07) is 14.7. The fourth-order valence-electron chi connectivity index (χ4n) is 3.84. The van der Waals surface area contributed by atoms with Crippen molar-refractivity contribution in [1.82, 2.24) is 15.0 Å². The van der Waals surface area contributed by atoms with Gasteiger partial charge in [-0.15, -0.1) is 0 Å². The van der Waals surface area contributed by atoms with E-state index < -0.39 is 11.2 Å². The third-order valence-corrected chi connectivity index (χ3v) is 5.79. The van der Waals surface area contributed by atoms with E-state index in [-0.39, 0.29) is 5.52 Å². The number of nitrogens with zero attached hydrogens (tertiary/aromatic N) is 2. The SMILES string of the molecule is Cc1ccc(C(C)CC[n+]2c3ccc(C(C)C)cc3nc3c(=O)[nH]c(=O)[nH]c32)cc1. The molecule has 0 aliphatic rings. The van der Waals surface area contributed by atoms with Crippen molar-refractivity contribution in [3.63, 3.8) is 0 Å². The van der Waals surface area contributed by atoms with E-state index in [2.05, 4.69) is 73.0 Å². The minimum atomic E-state index is -0.521. The van der Waals surface area contributed by atoms with Crippen LogP contribution in [0.2, 0.25) is 0 Å². The number of hydrogen-bond donors (Lipinski definition) is 2. The molecule has 0 aliphatic heterocycles. The van der Waals surface area contributed by atoms with Crippen LogP contribution in [-0.4, -0.2) is 15.0 Å². The van der Waals surface area contributed by atoms with Crippen LogP contribution in [0.1, 0.15) is 55.7 Å². The molecule has 1 atom stereocenters. The molecule has 2 N–H and O–H groups in total. The van der Waals surface area contributed by atoms with Gasteiger partial charge >= 0.3 is 11.3 Å². The van der Waals surface area contributed by atoms with Gasteiger partial charge in [0.1, 0.15) is 5.52 Å². The molecule has 1 unspecified atom stereocenters.